The average molecular weight is 271 g/mol. The van der Waals surface area contributed by atoms with Crippen LogP contribution in [0.4, 0.5) is 11.6 Å². The molecular weight excluding hydrogens is 254 g/mol. The molecule has 2 heterocycles. The topological polar surface area (TPSA) is 85.1 Å². The van der Waals surface area contributed by atoms with Gasteiger partial charge >= 0.3 is 0 Å². The highest BCUT2D eigenvalue weighted by molar-refractivity contribution is 5.47. The highest BCUT2D eigenvalue weighted by Gasteiger charge is 2.22. The first-order valence-corrected chi connectivity index (χ1v) is 6.55. The minimum Gasteiger partial charge on any atom is -0.488 e. The molecule has 1 aliphatic heterocycles. The van der Waals surface area contributed by atoms with Crippen molar-refractivity contribution in [3.8, 4) is 5.75 Å². The highest BCUT2D eigenvalue weighted by atomic mass is 16.5. The van der Waals surface area contributed by atoms with E-state index in [2.05, 4.69) is 26.8 Å². The molecule has 20 heavy (non-hydrogen) atoms. The Morgan fingerprint density at radius 1 is 1.30 bits per heavy atom. The van der Waals surface area contributed by atoms with Gasteiger partial charge in [0.1, 0.15) is 29.3 Å². The van der Waals surface area contributed by atoms with Crippen molar-refractivity contribution in [3.63, 3.8) is 0 Å². The lowest BCUT2D eigenvalue weighted by atomic mass is 10.1. The third-order valence-electron chi connectivity index (χ3n) is 3.21. The smallest absolute Gasteiger partial charge is 0.145 e. The van der Waals surface area contributed by atoms with Crippen molar-refractivity contribution < 1.29 is 4.74 Å². The number of fused-ring (bicyclic) bond motifs is 1. The molecule has 3 rings (SSSR count). The first-order valence-electron chi connectivity index (χ1n) is 6.55. The van der Waals surface area contributed by atoms with Crippen LogP contribution in [0.5, 0.6) is 5.75 Å². The quantitative estimate of drug-likeness (QED) is 0.577. The van der Waals surface area contributed by atoms with Crippen LogP contribution in [0.3, 0.4) is 0 Å². The molecule has 0 radical (unpaired) electrons. The summed E-state index contributed by atoms with van der Waals surface area (Å²) in [5, 5.41) is 3.27. The fraction of sp³-hybridized carbons (Fsp3) is 0.286. The van der Waals surface area contributed by atoms with E-state index in [1.165, 1.54) is 5.56 Å². The lowest BCUT2D eigenvalue weighted by molar-refractivity contribution is 0.246. The summed E-state index contributed by atoms with van der Waals surface area (Å²) in [7, 11) is 0. The second kappa shape index (κ2) is 5.34. The number of ether oxygens (including phenoxy) is 1. The molecular formula is C14H17N5O. The summed E-state index contributed by atoms with van der Waals surface area (Å²) < 4.78 is 5.87. The SMILES string of the molecule is Cc1nc(NN)cc(NCC2Cc3ccccc3O2)n1. The standard InChI is InChI=1S/C14H17N5O/c1-9-17-13(7-14(18-9)19-15)16-8-11-6-10-4-2-3-5-12(10)20-11/h2-5,7,11H,6,8,15H2,1H3,(H2,16,17,18,19). The zero-order chi connectivity index (χ0) is 13.9. The number of para-hydroxylation sites is 1. The summed E-state index contributed by atoms with van der Waals surface area (Å²) in [5.74, 6) is 8.34. The largest absolute Gasteiger partial charge is 0.488 e. The Kier molecular flexibility index (Phi) is 3.39. The minimum absolute atomic E-state index is 0.122. The Morgan fingerprint density at radius 2 is 2.10 bits per heavy atom. The summed E-state index contributed by atoms with van der Waals surface area (Å²) in [6.45, 7) is 2.52. The van der Waals surface area contributed by atoms with E-state index in [0.29, 0.717) is 18.2 Å². The zero-order valence-corrected chi connectivity index (χ0v) is 11.3. The number of rotatable bonds is 4. The van der Waals surface area contributed by atoms with Gasteiger partial charge in [0.25, 0.3) is 0 Å². The van der Waals surface area contributed by atoms with Crippen LogP contribution in [0, 0.1) is 6.92 Å². The Morgan fingerprint density at radius 3 is 2.90 bits per heavy atom. The molecule has 1 aromatic carbocycles. The molecule has 6 heteroatoms. The van der Waals surface area contributed by atoms with Crippen molar-refractivity contribution in [1.82, 2.24) is 9.97 Å². The number of hydrazine groups is 1. The fourth-order valence-corrected chi connectivity index (χ4v) is 2.32. The molecule has 0 bridgehead atoms. The van der Waals surface area contributed by atoms with Gasteiger partial charge in [-0.3, -0.25) is 0 Å². The predicted octanol–water partition coefficient (Wildman–Crippen LogP) is 1.49. The molecule has 1 atom stereocenters. The lowest BCUT2D eigenvalue weighted by Gasteiger charge is -2.13. The molecule has 1 aromatic heterocycles. The van der Waals surface area contributed by atoms with E-state index < -0.39 is 0 Å². The van der Waals surface area contributed by atoms with Crippen LogP contribution < -0.4 is 21.3 Å². The third kappa shape index (κ3) is 2.65. The minimum atomic E-state index is 0.122. The number of benzene rings is 1. The van der Waals surface area contributed by atoms with Gasteiger partial charge in [-0.1, -0.05) is 18.2 Å². The van der Waals surface area contributed by atoms with E-state index in [9.17, 15) is 0 Å². The van der Waals surface area contributed by atoms with E-state index in [4.69, 9.17) is 10.6 Å². The van der Waals surface area contributed by atoms with Crippen LogP contribution in [0.15, 0.2) is 30.3 Å². The molecule has 2 aromatic rings. The van der Waals surface area contributed by atoms with Crippen LogP contribution in [-0.2, 0) is 6.42 Å². The van der Waals surface area contributed by atoms with Gasteiger partial charge in [-0.05, 0) is 18.6 Å². The number of nitrogens with zero attached hydrogens (tertiary/aromatic N) is 2. The summed E-state index contributed by atoms with van der Waals surface area (Å²) in [4.78, 5) is 8.46. The molecule has 0 amide bonds. The second-order valence-corrected chi connectivity index (χ2v) is 4.76. The predicted molar refractivity (Wildman–Crippen MR) is 77.6 cm³/mol. The van der Waals surface area contributed by atoms with Gasteiger partial charge in [0, 0.05) is 12.5 Å². The van der Waals surface area contributed by atoms with E-state index in [1.807, 2.05) is 25.1 Å². The van der Waals surface area contributed by atoms with Gasteiger partial charge in [-0.25, -0.2) is 15.8 Å². The first kappa shape index (κ1) is 12.7. The first-order chi connectivity index (χ1) is 9.74. The van der Waals surface area contributed by atoms with E-state index in [0.717, 1.165) is 18.0 Å². The van der Waals surface area contributed by atoms with Gasteiger partial charge in [0.15, 0.2) is 0 Å². The van der Waals surface area contributed by atoms with Gasteiger partial charge in [-0.2, -0.15) is 0 Å². The third-order valence-corrected chi connectivity index (χ3v) is 3.21. The van der Waals surface area contributed by atoms with E-state index >= 15 is 0 Å². The van der Waals surface area contributed by atoms with Crippen LogP contribution in [0.25, 0.3) is 0 Å². The van der Waals surface area contributed by atoms with Crippen molar-refractivity contribution in [1.29, 1.82) is 0 Å². The molecule has 6 nitrogen and oxygen atoms in total. The molecule has 0 fully saturated rings. The maximum Gasteiger partial charge on any atom is 0.145 e. The number of nitrogen functional groups attached to an aromatic ring is 1. The van der Waals surface area contributed by atoms with Gasteiger partial charge < -0.3 is 15.5 Å². The summed E-state index contributed by atoms with van der Waals surface area (Å²) in [6, 6.07) is 9.89. The maximum absolute atomic E-state index is 5.87. The molecule has 0 aliphatic carbocycles. The number of anilines is 2. The molecule has 1 aliphatic rings. The summed E-state index contributed by atoms with van der Waals surface area (Å²) in [5.41, 5.74) is 3.78. The molecule has 4 N–H and O–H groups in total. The van der Waals surface area contributed by atoms with Gasteiger partial charge in [0.05, 0.1) is 6.54 Å². The Labute approximate surface area is 117 Å². The number of nitrogens with two attached hydrogens (primary N) is 1. The van der Waals surface area contributed by atoms with Crippen molar-refractivity contribution >= 4 is 11.6 Å². The number of aryl methyl sites for hydroxylation is 1. The summed E-state index contributed by atoms with van der Waals surface area (Å²) >= 11 is 0. The van der Waals surface area contributed by atoms with Crippen LogP contribution in [-0.4, -0.2) is 22.6 Å². The summed E-state index contributed by atoms with van der Waals surface area (Å²) in [6.07, 6.45) is 1.03. The molecule has 1 unspecified atom stereocenters. The van der Waals surface area contributed by atoms with Crippen molar-refractivity contribution in [3.05, 3.63) is 41.7 Å². The van der Waals surface area contributed by atoms with Crippen molar-refractivity contribution in [2.75, 3.05) is 17.3 Å². The van der Waals surface area contributed by atoms with E-state index in [-0.39, 0.29) is 6.10 Å². The molecule has 0 spiro atoms. The normalized spacial score (nSPS) is 16.4. The van der Waals surface area contributed by atoms with Gasteiger partial charge in [0.2, 0.25) is 0 Å². The zero-order valence-electron chi connectivity index (χ0n) is 11.3. The number of hydrogen-bond donors (Lipinski definition) is 3. The average Bonchev–Trinajstić information content (AvgIpc) is 2.87. The van der Waals surface area contributed by atoms with Crippen molar-refractivity contribution in [2.45, 2.75) is 19.4 Å². The number of hydrogen-bond acceptors (Lipinski definition) is 6. The monoisotopic (exact) mass is 271 g/mol. The second-order valence-electron chi connectivity index (χ2n) is 4.76. The van der Waals surface area contributed by atoms with Crippen molar-refractivity contribution in [2.24, 2.45) is 5.84 Å². The van der Waals surface area contributed by atoms with E-state index in [1.54, 1.807) is 6.07 Å². The molecule has 104 valence electrons. The van der Waals surface area contributed by atoms with Crippen LogP contribution >= 0.6 is 0 Å². The Balaban J connectivity index is 1.63. The van der Waals surface area contributed by atoms with Crippen LogP contribution in [0.1, 0.15) is 11.4 Å². The number of aromatic nitrogens is 2. The Hall–Kier alpha value is -2.34. The highest BCUT2D eigenvalue weighted by Crippen LogP contribution is 2.28. The van der Waals surface area contributed by atoms with Gasteiger partial charge in [-0.15, -0.1) is 0 Å². The van der Waals surface area contributed by atoms with Crippen LogP contribution in [0.2, 0.25) is 0 Å². The maximum atomic E-state index is 5.87. The fourth-order valence-electron chi connectivity index (χ4n) is 2.32. The number of nitrogens with one attached hydrogen (secondary N) is 2. The lowest BCUT2D eigenvalue weighted by Crippen LogP contribution is -2.24. The Bertz CT molecular complexity index is 591. The molecule has 0 saturated carbocycles. The molecule has 0 saturated heterocycles.